The Hall–Kier alpha value is -0.610. The van der Waals surface area contributed by atoms with Gasteiger partial charge in [-0.25, -0.2) is 0 Å². The normalized spacial score (nSPS) is 31.1. The zero-order valence-electron chi connectivity index (χ0n) is 10.7. The highest BCUT2D eigenvalue weighted by Gasteiger charge is 2.41. The predicted octanol–water partition coefficient (Wildman–Crippen LogP) is 1.63. The summed E-state index contributed by atoms with van der Waals surface area (Å²) in [6, 6.07) is 0.479. The first-order valence-electron chi connectivity index (χ1n) is 6.71. The summed E-state index contributed by atoms with van der Waals surface area (Å²) in [6.07, 6.45) is 7.39. The Bertz CT molecular complexity index is 253. The van der Waals surface area contributed by atoms with Gasteiger partial charge in [-0.05, 0) is 32.1 Å². The van der Waals surface area contributed by atoms with Crippen molar-refractivity contribution in [1.29, 1.82) is 0 Å². The van der Waals surface area contributed by atoms with E-state index in [-0.39, 0.29) is 5.97 Å². The smallest absolute Gasteiger partial charge is 0.326 e. The Balaban J connectivity index is 2.06. The molecule has 2 rings (SSSR count). The van der Waals surface area contributed by atoms with Crippen molar-refractivity contribution in [3.63, 3.8) is 0 Å². The molecular formula is C13H23NO3. The average Bonchev–Trinajstić information content (AvgIpc) is 2.73. The molecule has 4 heteroatoms. The highest BCUT2D eigenvalue weighted by molar-refractivity contribution is 5.80. The van der Waals surface area contributed by atoms with Crippen LogP contribution in [0.4, 0.5) is 0 Å². The van der Waals surface area contributed by atoms with Crippen LogP contribution >= 0.6 is 0 Å². The summed E-state index contributed by atoms with van der Waals surface area (Å²) in [5.41, 5.74) is -0.500. The maximum Gasteiger partial charge on any atom is 0.326 e. The third-order valence-corrected chi connectivity index (χ3v) is 3.98. The van der Waals surface area contributed by atoms with Crippen LogP contribution in [0.5, 0.6) is 0 Å². The number of nitrogens with one attached hydrogen (secondary N) is 1. The highest BCUT2D eigenvalue weighted by atomic mass is 16.5. The second-order valence-corrected chi connectivity index (χ2v) is 5.17. The molecule has 1 aliphatic heterocycles. The molecule has 1 aliphatic carbocycles. The fraction of sp³-hybridized carbons (Fsp3) is 0.923. The lowest BCUT2D eigenvalue weighted by atomic mass is 9.89. The second kappa shape index (κ2) is 5.83. The van der Waals surface area contributed by atoms with Gasteiger partial charge in [0.1, 0.15) is 5.54 Å². The van der Waals surface area contributed by atoms with Gasteiger partial charge in [-0.1, -0.05) is 12.8 Å². The molecule has 2 aliphatic rings. The number of hydrogen-bond acceptors (Lipinski definition) is 4. The molecule has 0 aromatic rings. The number of esters is 1. The van der Waals surface area contributed by atoms with Crippen molar-refractivity contribution < 1.29 is 14.3 Å². The Morgan fingerprint density at radius 3 is 2.71 bits per heavy atom. The number of ether oxygens (including phenoxy) is 2. The molecule has 1 unspecified atom stereocenters. The Morgan fingerprint density at radius 1 is 1.24 bits per heavy atom. The van der Waals surface area contributed by atoms with Crippen molar-refractivity contribution in [2.75, 3.05) is 20.3 Å². The topological polar surface area (TPSA) is 47.6 Å². The van der Waals surface area contributed by atoms with Crippen LogP contribution in [0.1, 0.15) is 44.9 Å². The monoisotopic (exact) mass is 241 g/mol. The molecule has 0 aromatic carbocycles. The van der Waals surface area contributed by atoms with Crippen LogP contribution in [0.2, 0.25) is 0 Å². The first-order valence-corrected chi connectivity index (χ1v) is 6.71. The summed E-state index contributed by atoms with van der Waals surface area (Å²) in [4.78, 5) is 12.1. The highest BCUT2D eigenvalue weighted by Crippen LogP contribution is 2.27. The van der Waals surface area contributed by atoms with Crippen molar-refractivity contribution in [3.8, 4) is 0 Å². The summed E-state index contributed by atoms with van der Waals surface area (Å²) >= 11 is 0. The molecule has 98 valence electrons. The zero-order chi connectivity index (χ0) is 12.1. The summed E-state index contributed by atoms with van der Waals surface area (Å²) in [5.74, 6) is -0.116. The van der Waals surface area contributed by atoms with Crippen molar-refractivity contribution in [3.05, 3.63) is 0 Å². The van der Waals surface area contributed by atoms with Crippen molar-refractivity contribution in [2.24, 2.45) is 0 Å². The predicted molar refractivity (Wildman–Crippen MR) is 64.8 cm³/mol. The molecule has 0 spiro atoms. The fourth-order valence-corrected chi connectivity index (χ4v) is 3.01. The van der Waals surface area contributed by atoms with Crippen LogP contribution < -0.4 is 5.32 Å². The van der Waals surface area contributed by atoms with Crippen LogP contribution in [-0.4, -0.2) is 37.9 Å². The number of carbonyl (C=O) groups excluding carboxylic acids is 1. The van der Waals surface area contributed by atoms with Gasteiger partial charge in [0.15, 0.2) is 0 Å². The minimum Gasteiger partial charge on any atom is -0.468 e. The van der Waals surface area contributed by atoms with E-state index in [1.807, 2.05) is 0 Å². The van der Waals surface area contributed by atoms with Gasteiger partial charge in [0.05, 0.1) is 7.11 Å². The third-order valence-electron chi connectivity index (χ3n) is 3.98. The molecule has 1 saturated carbocycles. The third kappa shape index (κ3) is 2.99. The fourth-order valence-electron chi connectivity index (χ4n) is 3.01. The van der Waals surface area contributed by atoms with E-state index in [2.05, 4.69) is 5.32 Å². The van der Waals surface area contributed by atoms with E-state index < -0.39 is 5.54 Å². The molecule has 4 nitrogen and oxygen atoms in total. The maximum absolute atomic E-state index is 12.1. The van der Waals surface area contributed by atoms with Crippen molar-refractivity contribution >= 4 is 5.97 Å². The van der Waals surface area contributed by atoms with Gasteiger partial charge >= 0.3 is 5.97 Å². The van der Waals surface area contributed by atoms with E-state index in [4.69, 9.17) is 9.47 Å². The van der Waals surface area contributed by atoms with Crippen LogP contribution in [0.25, 0.3) is 0 Å². The second-order valence-electron chi connectivity index (χ2n) is 5.17. The lowest BCUT2D eigenvalue weighted by molar-refractivity contribution is -0.149. The van der Waals surface area contributed by atoms with E-state index >= 15 is 0 Å². The number of methoxy groups -OCH3 is 1. The van der Waals surface area contributed by atoms with Gasteiger partial charge in [-0.2, -0.15) is 0 Å². The van der Waals surface area contributed by atoms with Crippen molar-refractivity contribution in [1.82, 2.24) is 5.32 Å². The SMILES string of the molecule is COC(=O)C1(NC2CCCC2)CCCOCC1. The summed E-state index contributed by atoms with van der Waals surface area (Å²) in [5, 5.41) is 3.57. The minimum atomic E-state index is -0.500. The lowest BCUT2D eigenvalue weighted by Crippen LogP contribution is -2.56. The molecule has 1 heterocycles. The lowest BCUT2D eigenvalue weighted by Gasteiger charge is -2.33. The Morgan fingerprint density at radius 2 is 2.00 bits per heavy atom. The zero-order valence-corrected chi connectivity index (χ0v) is 10.7. The van der Waals surface area contributed by atoms with Gasteiger partial charge < -0.3 is 9.47 Å². The van der Waals surface area contributed by atoms with Crippen LogP contribution in [0.15, 0.2) is 0 Å². The summed E-state index contributed by atoms with van der Waals surface area (Å²) in [7, 11) is 1.48. The van der Waals surface area contributed by atoms with Crippen LogP contribution in [0.3, 0.4) is 0 Å². The quantitative estimate of drug-likeness (QED) is 0.763. The van der Waals surface area contributed by atoms with Gasteiger partial charge in [0.25, 0.3) is 0 Å². The number of rotatable bonds is 3. The molecule has 1 saturated heterocycles. The molecule has 1 atom stereocenters. The van der Waals surface area contributed by atoms with E-state index in [0.29, 0.717) is 12.6 Å². The van der Waals surface area contributed by atoms with E-state index in [1.165, 1.54) is 32.8 Å². The van der Waals surface area contributed by atoms with Gasteiger partial charge in [0.2, 0.25) is 0 Å². The summed E-state index contributed by atoms with van der Waals surface area (Å²) < 4.78 is 10.5. The summed E-state index contributed by atoms with van der Waals surface area (Å²) in [6.45, 7) is 1.40. The molecular weight excluding hydrogens is 218 g/mol. The van der Waals surface area contributed by atoms with Gasteiger partial charge in [0, 0.05) is 19.3 Å². The largest absolute Gasteiger partial charge is 0.468 e. The van der Waals surface area contributed by atoms with E-state index in [9.17, 15) is 4.79 Å². The van der Waals surface area contributed by atoms with Crippen molar-refractivity contribution in [2.45, 2.75) is 56.5 Å². The first-order chi connectivity index (χ1) is 8.27. The molecule has 0 bridgehead atoms. The first kappa shape index (κ1) is 12.8. The minimum absolute atomic E-state index is 0.116. The molecule has 0 amide bonds. The molecule has 0 radical (unpaired) electrons. The molecule has 17 heavy (non-hydrogen) atoms. The molecule has 2 fully saturated rings. The van der Waals surface area contributed by atoms with Gasteiger partial charge in [-0.15, -0.1) is 0 Å². The standard InChI is InChI=1S/C13H23NO3/c1-16-12(15)13(7-4-9-17-10-8-13)14-11-5-2-3-6-11/h11,14H,2-10H2,1H3. The Labute approximate surface area is 103 Å². The molecule has 0 aromatic heterocycles. The number of carbonyl (C=O) groups is 1. The maximum atomic E-state index is 12.1. The Kier molecular flexibility index (Phi) is 4.40. The van der Waals surface area contributed by atoms with Crippen LogP contribution in [-0.2, 0) is 14.3 Å². The van der Waals surface area contributed by atoms with E-state index in [1.54, 1.807) is 0 Å². The average molecular weight is 241 g/mol. The molecule has 1 N–H and O–H groups in total. The van der Waals surface area contributed by atoms with Gasteiger partial charge in [-0.3, -0.25) is 10.1 Å². The van der Waals surface area contributed by atoms with Crippen LogP contribution in [0, 0.1) is 0 Å². The number of hydrogen-bond donors (Lipinski definition) is 1. The van der Waals surface area contributed by atoms with E-state index in [0.717, 1.165) is 25.9 Å².